The zero-order valence-corrected chi connectivity index (χ0v) is 13.8. The van der Waals surface area contributed by atoms with Gasteiger partial charge in [-0.1, -0.05) is 11.8 Å². The van der Waals surface area contributed by atoms with Crippen LogP contribution < -0.4 is 10.1 Å². The average molecular weight is 317 g/mol. The molecule has 1 aromatic carbocycles. The maximum absolute atomic E-state index is 12.7. The average Bonchev–Trinajstić information content (AvgIpc) is 3.13. The zero-order valence-electron chi connectivity index (χ0n) is 13.0. The number of methoxy groups -OCH3 is 1. The van der Waals surface area contributed by atoms with Gasteiger partial charge in [0.25, 0.3) is 0 Å². The Hall–Kier alpha value is -1.95. The largest absolute Gasteiger partial charge is 0.497 e. The molecule has 0 saturated carbocycles. The molecule has 0 aliphatic carbocycles. The van der Waals surface area contributed by atoms with Crippen molar-refractivity contribution in [1.82, 2.24) is 9.88 Å². The van der Waals surface area contributed by atoms with Crippen LogP contribution in [0.3, 0.4) is 0 Å². The molecule has 0 amide bonds. The lowest BCUT2D eigenvalue weighted by atomic mass is 10.1. The molecule has 2 aromatic rings. The second-order valence-electron chi connectivity index (χ2n) is 5.21. The Morgan fingerprint density at radius 1 is 1.50 bits per heavy atom. The summed E-state index contributed by atoms with van der Waals surface area (Å²) in [6.45, 7) is 3.07. The summed E-state index contributed by atoms with van der Waals surface area (Å²) < 4.78 is 7.33. The SMILES string of the molecule is COc1ccc2c(c1)c(C(=O)CNC1=NCCS1)c(C)n2C. The third-order valence-corrected chi connectivity index (χ3v) is 4.90. The Kier molecular flexibility index (Phi) is 4.11. The van der Waals surface area contributed by atoms with Crippen LogP contribution in [0, 0.1) is 6.92 Å². The highest BCUT2D eigenvalue weighted by atomic mass is 32.2. The third kappa shape index (κ3) is 2.59. The number of Topliss-reactive ketones (excluding diaryl/α,β-unsaturated/α-hetero) is 1. The van der Waals surface area contributed by atoms with E-state index < -0.39 is 0 Å². The van der Waals surface area contributed by atoms with Gasteiger partial charge in [-0.2, -0.15) is 0 Å². The first kappa shape index (κ1) is 15.0. The van der Waals surface area contributed by atoms with Crippen molar-refractivity contribution in [2.45, 2.75) is 6.92 Å². The Bertz CT molecular complexity index is 764. The minimum Gasteiger partial charge on any atom is -0.497 e. The predicted octanol–water partition coefficient (Wildman–Crippen LogP) is 2.37. The van der Waals surface area contributed by atoms with Crippen molar-refractivity contribution in [2.75, 3.05) is 26.0 Å². The number of nitrogens with one attached hydrogen (secondary N) is 1. The molecule has 3 rings (SSSR count). The van der Waals surface area contributed by atoms with Gasteiger partial charge < -0.3 is 14.6 Å². The molecule has 2 heterocycles. The summed E-state index contributed by atoms with van der Waals surface area (Å²) >= 11 is 1.66. The van der Waals surface area contributed by atoms with Gasteiger partial charge in [0.1, 0.15) is 5.75 Å². The molecule has 0 atom stereocenters. The lowest BCUT2D eigenvalue weighted by Gasteiger charge is -2.05. The summed E-state index contributed by atoms with van der Waals surface area (Å²) in [6, 6.07) is 5.83. The Morgan fingerprint density at radius 2 is 2.32 bits per heavy atom. The van der Waals surface area contributed by atoms with E-state index in [0.29, 0.717) is 0 Å². The van der Waals surface area contributed by atoms with E-state index in [2.05, 4.69) is 10.3 Å². The minimum atomic E-state index is 0.0755. The number of aliphatic imine (C=N–C) groups is 1. The van der Waals surface area contributed by atoms with Crippen molar-refractivity contribution in [3.63, 3.8) is 0 Å². The maximum Gasteiger partial charge on any atom is 0.184 e. The highest BCUT2D eigenvalue weighted by molar-refractivity contribution is 8.14. The number of thioether (sulfide) groups is 1. The number of carbonyl (C=O) groups is 1. The standard InChI is InChI=1S/C16H19N3O2S/c1-10-15(14(20)9-18-16-17-6-7-22-16)12-8-11(21-3)4-5-13(12)19(10)2/h4-5,8H,6-7,9H2,1-3H3,(H,17,18). The molecule has 5 nitrogen and oxygen atoms in total. The topological polar surface area (TPSA) is 55.6 Å². The van der Waals surface area contributed by atoms with Gasteiger partial charge in [-0.05, 0) is 25.1 Å². The number of carbonyl (C=O) groups excluding carboxylic acids is 1. The second kappa shape index (κ2) is 6.04. The smallest absolute Gasteiger partial charge is 0.184 e. The van der Waals surface area contributed by atoms with E-state index >= 15 is 0 Å². The number of benzene rings is 1. The van der Waals surface area contributed by atoms with E-state index in [1.165, 1.54) is 0 Å². The molecule has 0 radical (unpaired) electrons. The molecule has 22 heavy (non-hydrogen) atoms. The number of nitrogens with zero attached hydrogens (tertiary/aromatic N) is 2. The maximum atomic E-state index is 12.7. The van der Waals surface area contributed by atoms with Crippen LogP contribution >= 0.6 is 11.8 Å². The molecule has 1 aliphatic heterocycles. The summed E-state index contributed by atoms with van der Waals surface area (Å²) in [6.07, 6.45) is 0. The lowest BCUT2D eigenvalue weighted by Crippen LogP contribution is -2.27. The fourth-order valence-electron chi connectivity index (χ4n) is 2.72. The molecule has 1 aliphatic rings. The van der Waals surface area contributed by atoms with Crippen LogP contribution in [0.15, 0.2) is 23.2 Å². The highest BCUT2D eigenvalue weighted by Crippen LogP contribution is 2.28. The van der Waals surface area contributed by atoms with Crippen LogP contribution in [0.1, 0.15) is 16.1 Å². The van der Waals surface area contributed by atoms with E-state index in [9.17, 15) is 4.79 Å². The molecule has 0 spiro atoms. The number of aromatic nitrogens is 1. The first-order valence-electron chi connectivity index (χ1n) is 7.19. The normalized spacial score (nSPS) is 14.2. The van der Waals surface area contributed by atoms with Gasteiger partial charge >= 0.3 is 0 Å². The molecule has 1 N–H and O–H groups in total. The summed E-state index contributed by atoms with van der Waals surface area (Å²) in [5.74, 6) is 1.82. The molecule has 0 bridgehead atoms. The molecular weight excluding hydrogens is 298 g/mol. The van der Waals surface area contributed by atoms with E-state index in [-0.39, 0.29) is 12.3 Å². The van der Waals surface area contributed by atoms with Crippen molar-refractivity contribution in [1.29, 1.82) is 0 Å². The highest BCUT2D eigenvalue weighted by Gasteiger charge is 2.19. The third-order valence-electron chi connectivity index (χ3n) is 3.96. The first-order chi connectivity index (χ1) is 10.6. The number of ether oxygens (including phenoxy) is 1. The van der Waals surface area contributed by atoms with Gasteiger partial charge in [-0.3, -0.25) is 9.79 Å². The number of fused-ring (bicyclic) bond motifs is 1. The fourth-order valence-corrected chi connectivity index (χ4v) is 3.45. The first-order valence-corrected chi connectivity index (χ1v) is 8.17. The Labute approximate surface area is 133 Å². The number of amidine groups is 1. The fraction of sp³-hybridized carbons (Fsp3) is 0.375. The summed E-state index contributed by atoms with van der Waals surface area (Å²) in [5.41, 5.74) is 2.76. The van der Waals surface area contributed by atoms with Crippen LogP contribution in [0.2, 0.25) is 0 Å². The van der Waals surface area contributed by atoms with E-state index in [0.717, 1.165) is 45.4 Å². The van der Waals surface area contributed by atoms with Crippen LogP contribution in [-0.4, -0.2) is 41.5 Å². The van der Waals surface area contributed by atoms with E-state index in [1.807, 2.05) is 36.7 Å². The number of rotatable bonds is 4. The number of hydrogen-bond donors (Lipinski definition) is 1. The van der Waals surface area contributed by atoms with Crippen molar-refractivity contribution in [3.8, 4) is 5.75 Å². The zero-order chi connectivity index (χ0) is 15.7. The lowest BCUT2D eigenvalue weighted by molar-refractivity contribution is 0.0997. The van der Waals surface area contributed by atoms with Crippen LogP contribution in [0.25, 0.3) is 10.9 Å². The van der Waals surface area contributed by atoms with Crippen molar-refractivity contribution in [3.05, 3.63) is 29.5 Å². The van der Waals surface area contributed by atoms with E-state index in [1.54, 1.807) is 18.9 Å². The molecule has 0 fully saturated rings. The van der Waals surface area contributed by atoms with Crippen LogP contribution in [0.5, 0.6) is 5.75 Å². The summed E-state index contributed by atoms with van der Waals surface area (Å²) in [4.78, 5) is 17.0. The van der Waals surface area contributed by atoms with Gasteiger partial charge in [-0.25, -0.2) is 0 Å². The minimum absolute atomic E-state index is 0.0755. The number of ketones is 1. The molecule has 1 aromatic heterocycles. The van der Waals surface area contributed by atoms with Gasteiger partial charge in [0.15, 0.2) is 11.0 Å². The van der Waals surface area contributed by atoms with Crippen molar-refractivity contribution >= 4 is 33.6 Å². The van der Waals surface area contributed by atoms with Gasteiger partial charge in [0.05, 0.1) is 20.2 Å². The Morgan fingerprint density at radius 3 is 3.00 bits per heavy atom. The Balaban J connectivity index is 1.94. The molecule has 116 valence electrons. The van der Waals surface area contributed by atoms with Crippen LogP contribution in [-0.2, 0) is 7.05 Å². The van der Waals surface area contributed by atoms with Crippen molar-refractivity contribution in [2.24, 2.45) is 12.0 Å². The molecule has 0 saturated heterocycles. The van der Waals surface area contributed by atoms with Gasteiger partial charge in [0.2, 0.25) is 0 Å². The van der Waals surface area contributed by atoms with Crippen molar-refractivity contribution < 1.29 is 9.53 Å². The van der Waals surface area contributed by atoms with Gasteiger partial charge in [-0.15, -0.1) is 0 Å². The van der Waals surface area contributed by atoms with Gasteiger partial charge in [0, 0.05) is 35.0 Å². The quantitative estimate of drug-likeness (QED) is 0.880. The van der Waals surface area contributed by atoms with E-state index in [4.69, 9.17) is 4.74 Å². The summed E-state index contributed by atoms with van der Waals surface area (Å²) in [5, 5.41) is 4.93. The number of aryl methyl sites for hydroxylation is 1. The predicted molar refractivity (Wildman–Crippen MR) is 91.3 cm³/mol. The number of hydrogen-bond acceptors (Lipinski definition) is 5. The monoisotopic (exact) mass is 317 g/mol. The van der Waals surface area contributed by atoms with Crippen LogP contribution in [0.4, 0.5) is 0 Å². The molecular formula is C16H19N3O2S. The molecule has 6 heteroatoms. The second-order valence-corrected chi connectivity index (χ2v) is 6.30. The summed E-state index contributed by atoms with van der Waals surface area (Å²) in [7, 11) is 3.61. The molecule has 0 unspecified atom stereocenters.